The Balaban J connectivity index is 1.29. The van der Waals surface area contributed by atoms with Crippen LogP contribution < -0.4 is 10.6 Å². The average molecular weight is 486 g/mol. The quantitative estimate of drug-likeness (QED) is 0.226. The first-order valence-electron chi connectivity index (χ1n) is 12.5. The second kappa shape index (κ2) is 10.0. The van der Waals surface area contributed by atoms with Crippen molar-refractivity contribution < 1.29 is 4.92 Å². The van der Waals surface area contributed by atoms with Gasteiger partial charge in [0.1, 0.15) is 6.20 Å². The molecule has 1 saturated carbocycles. The molecule has 9 nitrogen and oxygen atoms in total. The van der Waals surface area contributed by atoms with Gasteiger partial charge in [0.15, 0.2) is 0 Å². The number of nitrogens with one attached hydrogen (secondary N) is 3. The van der Waals surface area contributed by atoms with Gasteiger partial charge in [0.2, 0.25) is 5.95 Å². The van der Waals surface area contributed by atoms with E-state index >= 15 is 0 Å². The molecule has 36 heavy (non-hydrogen) atoms. The van der Waals surface area contributed by atoms with E-state index in [1.807, 2.05) is 24.5 Å². The lowest BCUT2D eigenvalue weighted by atomic mass is 9.80. The molecule has 1 aromatic carbocycles. The summed E-state index contributed by atoms with van der Waals surface area (Å²) >= 11 is 0. The van der Waals surface area contributed by atoms with Gasteiger partial charge < -0.3 is 15.6 Å². The molecule has 1 aliphatic carbocycles. The SMILES string of the molecule is CCc1cnc(N[C@@H]2CCC[C@](C)(NCc3ccc([N+](=O)[O-])cn3)C2)nc1-c1c[nH]c2ccccc12. The van der Waals surface area contributed by atoms with Crippen LogP contribution in [0.4, 0.5) is 11.6 Å². The van der Waals surface area contributed by atoms with Gasteiger partial charge in [-0.25, -0.2) is 9.97 Å². The number of aromatic amines is 1. The number of hydrogen-bond acceptors (Lipinski definition) is 7. The molecule has 0 unspecified atom stereocenters. The highest BCUT2D eigenvalue weighted by Crippen LogP contribution is 2.32. The first-order valence-corrected chi connectivity index (χ1v) is 12.5. The number of nitro groups is 1. The average Bonchev–Trinajstić information content (AvgIpc) is 3.32. The van der Waals surface area contributed by atoms with Crippen LogP contribution in [0.2, 0.25) is 0 Å². The Labute approximate surface area is 209 Å². The van der Waals surface area contributed by atoms with Gasteiger partial charge in [0.05, 0.1) is 16.3 Å². The summed E-state index contributed by atoms with van der Waals surface area (Å²) in [4.78, 5) is 27.6. The van der Waals surface area contributed by atoms with Crippen LogP contribution in [0.5, 0.6) is 0 Å². The summed E-state index contributed by atoms with van der Waals surface area (Å²) in [6.07, 6.45) is 10.2. The first-order chi connectivity index (χ1) is 17.4. The van der Waals surface area contributed by atoms with Crippen molar-refractivity contribution in [2.75, 3.05) is 5.32 Å². The molecule has 0 radical (unpaired) electrons. The topological polar surface area (TPSA) is 122 Å². The number of H-pyrrole nitrogens is 1. The van der Waals surface area contributed by atoms with E-state index < -0.39 is 4.92 Å². The van der Waals surface area contributed by atoms with Gasteiger partial charge >= 0.3 is 0 Å². The smallest absolute Gasteiger partial charge is 0.287 e. The van der Waals surface area contributed by atoms with E-state index in [9.17, 15) is 10.1 Å². The zero-order valence-electron chi connectivity index (χ0n) is 20.6. The van der Waals surface area contributed by atoms with Crippen LogP contribution >= 0.6 is 0 Å². The van der Waals surface area contributed by atoms with Crippen molar-refractivity contribution >= 4 is 22.5 Å². The van der Waals surface area contributed by atoms with Gasteiger partial charge in [-0.2, -0.15) is 0 Å². The number of anilines is 1. The number of aromatic nitrogens is 4. The molecule has 4 aromatic rings. The first kappa shape index (κ1) is 23.9. The molecule has 2 atom stereocenters. The predicted octanol–water partition coefficient (Wildman–Crippen LogP) is 5.39. The fourth-order valence-corrected chi connectivity index (χ4v) is 5.12. The van der Waals surface area contributed by atoms with Crippen LogP contribution in [0.15, 0.2) is 55.0 Å². The van der Waals surface area contributed by atoms with Crippen LogP contribution in [0.3, 0.4) is 0 Å². The molecule has 1 fully saturated rings. The molecular weight excluding hydrogens is 454 g/mol. The molecule has 0 saturated heterocycles. The predicted molar refractivity (Wildman–Crippen MR) is 141 cm³/mol. The largest absolute Gasteiger partial charge is 0.360 e. The lowest BCUT2D eigenvalue weighted by Crippen LogP contribution is -2.48. The molecule has 0 amide bonds. The number of fused-ring (bicyclic) bond motifs is 1. The molecule has 5 rings (SSSR count). The van der Waals surface area contributed by atoms with Crippen molar-refractivity contribution in [1.29, 1.82) is 0 Å². The minimum Gasteiger partial charge on any atom is -0.360 e. The van der Waals surface area contributed by atoms with Crippen LogP contribution in [-0.4, -0.2) is 36.4 Å². The molecule has 1 aliphatic rings. The molecule has 3 aromatic heterocycles. The van der Waals surface area contributed by atoms with E-state index in [1.165, 1.54) is 12.3 Å². The van der Waals surface area contributed by atoms with Gasteiger partial charge in [0.25, 0.3) is 5.69 Å². The maximum atomic E-state index is 10.9. The molecule has 9 heteroatoms. The van der Waals surface area contributed by atoms with E-state index in [2.05, 4.69) is 51.6 Å². The monoisotopic (exact) mass is 485 g/mol. The molecule has 0 aliphatic heterocycles. The minimum atomic E-state index is -0.429. The minimum absolute atomic E-state index is 0.00740. The van der Waals surface area contributed by atoms with Gasteiger partial charge in [-0.1, -0.05) is 25.1 Å². The maximum absolute atomic E-state index is 10.9. The van der Waals surface area contributed by atoms with E-state index in [-0.39, 0.29) is 17.3 Å². The molecule has 3 N–H and O–H groups in total. The summed E-state index contributed by atoms with van der Waals surface area (Å²) in [6.45, 7) is 4.92. The van der Waals surface area contributed by atoms with E-state index in [0.717, 1.165) is 65.5 Å². The number of nitrogens with zero attached hydrogens (tertiary/aromatic N) is 4. The lowest BCUT2D eigenvalue weighted by molar-refractivity contribution is -0.385. The second-order valence-electron chi connectivity index (χ2n) is 9.79. The molecule has 3 heterocycles. The summed E-state index contributed by atoms with van der Waals surface area (Å²) in [6, 6.07) is 11.7. The van der Waals surface area contributed by atoms with Gasteiger partial charge in [-0.15, -0.1) is 0 Å². The van der Waals surface area contributed by atoms with Gasteiger partial charge in [-0.3, -0.25) is 15.1 Å². The Morgan fingerprint density at radius 3 is 2.83 bits per heavy atom. The van der Waals surface area contributed by atoms with E-state index in [4.69, 9.17) is 4.98 Å². The van der Waals surface area contributed by atoms with Gasteiger partial charge in [0, 0.05) is 53.1 Å². The van der Waals surface area contributed by atoms with Crippen molar-refractivity contribution in [2.45, 2.75) is 64.1 Å². The van der Waals surface area contributed by atoms with Crippen molar-refractivity contribution in [1.82, 2.24) is 25.3 Å². The van der Waals surface area contributed by atoms with Crippen LogP contribution in [0, 0.1) is 10.1 Å². The third-order valence-electron chi connectivity index (χ3n) is 7.12. The second-order valence-corrected chi connectivity index (χ2v) is 9.79. The number of aryl methyl sites for hydroxylation is 1. The third-order valence-corrected chi connectivity index (χ3v) is 7.12. The fourth-order valence-electron chi connectivity index (χ4n) is 5.12. The normalized spacial score (nSPS) is 19.9. The Morgan fingerprint density at radius 1 is 1.19 bits per heavy atom. The van der Waals surface area contributed by atoms with Crippen molar-refractivity contribution in [3.05, 3.63) is 76.4 Å². The molecule has 186 valence electrons. The van der Waals surface area contributed by atoms with Crippen LogP contribution in [0.25, 0.3) is 22.2 Å². The van der Waals surface area contributed by atoms with Crippen molar-refractivity contribution in [3.63, 3.8) is 0 Å². The highest BCUT2D eigenvalue weighted by atomic mass is 16.6. The number of rotatable bonds is 8. The maximum Gasteiger partial charge on any atom is 0.287 e. The number of pyridine rings is 1. The van der Waals surface area contributed by atoms with Crippen molar-refractivity contribution in [2.24, 2.45) is 0 Å². The zero-order chi connectivity index (χ0) is 25.1. The van der Waals surface area contributed by atoms with Crippen LogP contribution in [-0.2, 0) is 13.0 Å². The Hall–Kier alpha value is -3.85. The number of para-hydroxylation sites is 1. The van der Waals surface area contributed by atoms with E-state index in [0.29, 0.717) is 12.5 Å². The van der Waals surface area contributed by atoms with Crippen molar-refractivity contribution in [3.8, 4) is 11.3 Å². The number of hydrogen-bond donors (Lipinski definition) is 3. The summed E-state index contributed by atoms with van der Waals surface area (Å²) in [5.74, 6) is 0.652. The molecule has 0 spiro atoms. The summed E-state index contributed by atoms with van der Waals surface area (Å²) in [7, 11) is 0. The third kappa shape index (κ3) is 5.06. The lowest BCUT2D eigenvalue weighted by Gasteiger charge is -2.39. The Kier molecular flexibility index (Phi) is 6.65. The summed E-state index contributed by atoms with van der Waals surface area (Å²) < 4.78 is 0. The number of benzene rings is 1. The summed E-state index contributed by atoms with van der Waals surface area (Å²) in [5.41, 5.74) is 5.00. The highest BCUT2D eigenvalue weighted by Gasteiger charge is 2.32. The summed E-state index contributed by atoms with van der Waals surface area (Å²) in [5, 5.41) is 19.3. The zero-order valence-corrected chi connectivity index (χ0v) is 20.6. The standard InChI is InChI=1S/C27H31N7O2/c1-3-18-14-30-26(33-25(18)23-17-29-24-9-5-4-8-22(23)24)32-19-7-6-12-27(2,13-19)31-15-20-10-11-21(16-28-20)34(35)36/h4-5,8-11,14,16-17,19,29,31H,3,6-7,12-13,15H2,1-2H3,(H,30,32,33)/t19-,27+/m1/s1. The molecular formula is C27H31N7O2. The fraction of sp³-hybridized carbons (Fsp3) is 0.370. The van der Waals surface area contributed by atoms with Crippen LogP contribution in [0.1, 0.15) is 50.8 Å². The van der Waals surface area contributed by atoms with Gasteiger partial charge in [-0.05, 0) is 56.7 Å². The Morgan fingerprint density at radius 2 is 2.06 bits per heavy atom. The highest BCUT2D eigenvalue weighted by molar-refractivity contribution is 5.95. The Bertz CT molecular complexity index is 1370. The molecule has 0 bridgehead atoms. The van der Waals surface area contributed by atoms with E-state index in [1.54, 1.807) is 6.07 Å².